The van der Waals surface area contributed by atoms with Crippen LogP contribution < -0.4 is 9.80 Å². The number of non-ortho nitro benzene ring substituents is 1. The molecule has 0 radical (unpaired) electrons. The summed E-state index contributed by atoms with van der Waals surface area (Å²) in [7, 11) is 0. The van der Waals surface area contributed by atoms with Crippen LogP contribution >= 0.6 is 79.6 Å². The number of rotatable bonds is 5. The molecule has 0 fully saturated rings. The third-order valence-corrected chi connectivity index (χ3v) is 11.0. The standard InChI is InChI=1S/C31H10Br5F6N3O6/c32-13-7-19(33)23(20(34)8-13)43-25(46)15-3-1-11(5-17(15)27(43)48)29(30(37,38)39,31(40,41)42)12-2-4-16-18(6-12)28(49)44(26(16)47)24-21(35)9-14(45(50)51)10-22(24)36/h1-10H. The fourth-order valence-electron chi connectivity index (χ4n) is 5.96. The van der Waals surface area contributed by atoms with Crippen molar-refractivity contribution >= 4 is 120 Å². The van der Waals surface area contributed by atoms with Crippen LogP contribution in [-0.2, 0) is 5.41 Å². The minimum absolute atomic E-state index is 0.0542. The van der Waals surface area contributed by atoms with Crippen LogP contribution in [0.5, 0.6) is 0 Å². The number of fused-ring (bicyclic) bond motifs is 2. The zero-order valence-electron chi connectivity index (χ0n) is 24.2. The Morgan fingerprint density at radius 1 is 0.529 bits per heavy atom. The number of nitro groups is 1. The van der Waals surface area contributed by atoms with Crippen LogP contribution in [0, 0.1) is 10.1 Å². The van der Waals surface area contributed by atoms with Crippen molar-refractivity contribution in [2.45, 2.75) is 17.8 Å². The van der Waals surface area contributed by atoms with Crippen molar-refractivity contribution in [2.75, 3.05) is 9.80 Å². The van der Waals surface area contributed by atoms with E-state index in [0.29, 0.717) is 50.7 Å². The van der Waals surface area contributed by atoms with Crippen molar-refractivity contribution in [2.24, 2.45) is 0 Å². The van der Waals surface area contributed by atoms with Crippen LogP contribution in [0.15, 0.2) is 83.0 Å². The number of nitrogens with zero attached hydrogens (tertiary/aromatic N) is 3. The number of anilines is 2. The second-order valence-corrected chi connectivity index (χ2v) is 15.2. The Hall–Kier alpha value is -3.46. The molecule has 20 heteroatoms. The fourth-order valence-corrected chi connectivity index (χ4v) is 10.1. The highest BCUT2D eigenvalue weighted by Crippen LogP contribution is 2.57. The van der Waals surface area contributed by atoms with Gasteiger partial charge in [-0.05, 0) is 111 Å². The molecule has 2 heterocycles. The first-order valence-corrected chi connectivity index (χ1v) is 17.6. The van der Waals surface area contributed by atoms with Gasteiger partial charge in [0.1, 0.15) is 0 Å². The van der Waals surface area contributed by atoms with E-state index < -0.39 is 85.4 Å². The minimum Gasteiger partial charge on any atom is -0.268 e. The number of halogens is 11. The van der Waals surface area contributed by atoms with E-state index in [2.05, 4.69) is 79.6 Å². The molecule has 0 aliphatic carbocycles. The summed E-state index contributed by atoms with van der Waals surface area (Å²) in [5, 5.41) is 11.3. The quantitative estimate of drug-likeness (QED) is 0.0851. The van der Waals surface area contributed by atoms with Crippen molar-refractivity contribution in [1.82, 2.24) is 0 Å². The lowest BCUT2D eigenvalue weighted by atomic mass is 9.71. The van der Waals surface area contributed by atoms with E-state index >= 15 is 26.3 Å². The van der Waals surface area contributed by atoms with Crippen LogP contribution in [0.2, 0.25) is 0 Å². The molecule has 0 spiro atoms. The van der Waals surface area contributed by atoms with Crippen molar-refractivity contribution in [3.05, 3.63) is 127 Å². The Kier molecular flexibility index (Phi) is 9.21. The maximum atomic E-state index is 15.2. The van der Waals surface area contributed by atoms with Gasteiger partial charge in [-0.25, -0.2) is 9.80 Å². The molecule has 2 aliphatic heterocycles. The van der Waals surface area contributed by atoms with E-state index in [-0.39, 0.29) is 29.3 Å². The summed E-state index contributed by atoms with van der Waals surface area (Å²) in [6.07, 6.45) is -12.3. The average Bonchev–Trinajstić information content (AvgIpc) is 3.39. The lowest BCUT2D eigenvalue weighted by Crippen LogP contribution is -2.55. The van der Waals surface area contributed by atoms with Crippen molar-refractivity contribution in [1.29, 1.82) is 0 Å². The van der Waals surface area contributed by atoms with Gasteiger partial charge in [0.25, 0.3) is 29.3 Å². The van der Waals surface area contributed by atoms with E-state index in [4.69, 9.17) is 0 Å². The molecular formula is C31H10Br5F6N3O6. The van der Waals surface area contributed by atoms with Gasteiger partial charge in [0, 0.05) is 34.5 Å². The number of alkyl halides is 6. The van der Waals surface area contributed by atoms with Crippen molar-refractivity contribution in [3.63, 3.8) is 0 Å². The smallest absolute Gasteiger partial charge is 0.268 e. The first kappa shape index (κ1) is 37.3. The second kappa shape index (κ2) is 12.6. The van der Waals surface area contributed by atoms with Gasteiger partial charge in [-0.1, -0.05) is 28.1 Å². The number of carbonyl (C=O) groups excluding carboxylic acids is 4. The Balaban J connectivity index is 1.52. The van der Waals surface area contributed by atoms with Crippen LogP contribution in [0.3, 0.4) is 0 Å². The number of carbonyl (C=O) groups is 4. The summed E-state index contributed by atoms with van der Waals surface area (Å²) in [5.41, 5.74) is -11.3. The normalized spacial score (nSPS) is 14.8. The summed E-state index contributed by atoms with van der Waals surface area (Å²) in [6, 6.07) is 7.61. The zero-order valence-corrected chi connectivity index (χ0v) is 32.2. The van der Waals surface area contributed by atoms with E-state index in [0.717, 1.165) is 12.1 Å². The van der Waals surface area contributed by atoms with Gasteiger partial charge in [0.15, 0.2) is 0 Å². The summed E-state index contributed by atoms with van der Waals surface area (Å²) < 4.78 is 91.8. The molecule has 0 atom stereocenters. The molecule has 4 amide bonds. The number of imide groups is 2. The molecule has 262 valence electrons. The fraction of sp³-hybridized carbons (Fsp3) is 0.0968. The molecule has 51 heavy (non-hydrogen) atoms. The van der Waals surface area contributed by atoms with E-state index in [9.17, 15) is 29.3 Å². The highest BCUT2D eigenvalue weighted by molar-refractivity contribution is 9.12. The molecule has 0 unspecified atom stereocenters. The monoisotopic (exact) mass is 1030 g/mol. The Labute approximate surface area is 322 Å². The van der Waals surface area contributed by atoms with E-state index in [1.807, 2.05) is 0 Å². The third-order valence-electron chi connectivity index (χ3n) is 8.13. The molecule has 4 aromatic carbocycles. The molecule has 6 rings (SSSR count). The van der Waals surface area contributed by atoms with Crippen LogP contribution in [0.4, 0.5) is 43.4 Å². The van der Waals surface area contributed by atoms with Gasteiger partial charge in [-0.2, -0.15) is 26.3 Å². The highest BCUT2D eigenvalue weighted by atomic mass is 79.9. The van der Waals surface area contributed by atoms with Crippen LogP contribution in [0.25, 0.3) is 0 Å². The van der Waals surface area contributed by atoms with Crippen molar-refractivity contribution < 1.29 is 50.4 Å². The van der Waals surface area contributed by atoms with Gasteiger partial charge < -0.3 is 0 Å². The highest BCUT2D eigenvalue weighted by Gasteiger charge is 2.73. The number of amides is 4. The molecule has 4 aromatic rings. The summed E-state index contributed by atoms with van der Waals surface area (Å²) in [6.45, 7) is 0. The minimum atomic E-state index is -6.17. The number of benzene rings is 4. The second-order valence-electron chi connectivity index (χ2n) is 10.9. The van der Waals surface area contributed by atoms with Crippen LogP contribution in [-0.4, -0.2) is 40.9 Å². The Bertz CT molecular complexity index is 2240. The van der Waals surface area contributed by atoms with Crippen LogP contribution in [0.1, 0.15) is 52.6 Å². The predicted molar refractivity (Wildman–Crippen MR) is 186 cm³/mol. The zero-order chi connectivity index (χ0) is 37.7. The topological polar surface area (TPSA) is 118 Å². The van der Waals surface area contributed by atoms with Gasteiger partial charge in [-0.15, -0.1) is 0 Å². The molecule has 0 bridgehead atoms. The summed E-state index contributed by atoms with van der Waals surface area (Å²) in [5.74, 6) is -4.67. The molecular weight excluding hydrogens is 1020 g/mol. The van der Waals surface area contributed by atoms with Gasteiger partial charge in [0.05, 0.1) is 38.6 Å². The number of hydrogen-bond acceptors (Lipinski definition) is 6. The largest absolute Gasteiger partial charge is 0.411 e. The average molecular weight is 1030 g/mol. The third kappa shape index (κ3) is 5.59. The first-order chi connectivity index (χ1) is 23.6. The molecule has 0 saturated heterocycles. The Morgan fingerprint density at radius 3 is 1.20 bits per heavy atom. The van der Waals surface area contributed by atoms with Gasteiger partial charge in [-0.3, -0.25) is 29.3 Å². The van der Waals surface area contributed by atoms with Gasteiger partial charge in [0.2, 0.25) is 5.41 Å². The number of nitro benzene ring substituents is 1. The molecule has 0 aromatic heterocycles. The summed E-state index contributed by atoms with van der Waals surface area (Å²) in [4.78, 5) is 65.4. The lowest BCUT2D eigenvalue weighted by Gasteiger charge is -2.38. The maximum absolute atomic E-state index is 15.2. The lowest BCUT2D eigenvalue weighted by molar-refractivity contribution is -0.385. The van der Waals surface area contributed by atoms with Crippen molar-refractivity contribution in [3.8, 4) is 0 Å². The predicted octanol–water partition coefficient (Wildman–Crippen LogP) is 10.4. The molecule has 0 N–H and O–H groups in total. The first-order valence-electron chi connectivity index (χ1n) is 13.6. The SMILES string of the molecule is O=C1c2ccc(C(c3ccc4c(c3)C(=O)N(c3c(Br)cc([N+](=O)[O-])cc3Br)C4=O)(C(F)(F)F)C(F)(F)F)cc2C(=O)N1c1c(Br)cc(Br)cc1Br. The maximum Gasteiger partial charge on any atom is 0.411 e. The molecule has 9 nitrogen and oxygen atoms in total. The van der Waals surface area contributed by atoms with E-state index in [1.54, 1.807) is 0 Å². The molecule has 0 saturated carbocycles. The Morgan fingerprint density at radius 2 is 0.863 bits per heavy atom. The van der Waals surface area contributed by atoms with E-state index in [1.165, 1.54) is 12.1 Å². The number of hydrogen-bond donors (Lipinski definition) is 0. The van der Waals surface area contributed by atoms with Gasteiger partial charge >= 0.3 is 12.4 Å². The summed E-state index contributed by atoms with van der Waals surface area (Å²) >= 11 is 15.7. The molecule has 2 aliphatic rings.